The summed E-state index contributed by atoms with van der Waals surface area (Å²) in [7, 11) is 1.53. The molecule has 1 saturated heterocycles. The molecule has 2 aromatic carbocycles. The number of anilines is 1. The lowest BCUT2D eigenvalue weighted by atomic mass is 10.1. The van der Waals surface area contributed by atoms with E-state index in [9.17, 15) is 18.8 Å². The fourth-order valence-electron chi connectivity index (χ4n) is 2.35. The van der Waals surface area contributed by atoms with E-state index >= 15 is 0 Å². The van der Waals surface area contributed by atoms with E-state index in [1.807, 2.05) is 0 Å². The van der Waals surface area contributed by atoms with Crippen LogP contribution in [0, 0.1) is 5.82 Å². The van der Waals surface area contributed by atoms with Gasteiger partial charge < -0.3 is 4.74 Å². The van der Waals surface area contributed by atoms with E-state index in [-0.39, 0.29) is 11.3 Å². The van der Waals surface area contributed by atoms with Crippen molar-refractivity contribution in [2.45, 2.75) is 0 Å². The zero-order chi connectivity index (χ0) is 18.0. The molecule has 2 aromatic rings. The minimum Gasteiger partial charge on any atom is -0.497 e. The Labute approximate surface area is 142 Å². The topological polar surface area (TPSA) is 75.7 Å². The number of nitrogens with zero attached hydrogens (tertiary/aromatic N) is 1. The number of halogens is 1. The summed E-state index contributed by atoms with van der Waals surface area (Å²) in [6.07, 6.45) is 1.38. The number of methoxy groups -OCH3 is 1. The molecule has 126 valence electrons. The highest BCUT2D eigenvalue weighted by molar-refractivity contribution is 6.39. The van der Waals surface area contributed by atoms with Crippen LogP contribution < -0.4 is 15.0 Å². The van der Waals surface area contributed by atoms with Gasteiger partial charge in [0.15, 0.2) is 0 Å². The van der Waals surface area contributed by atoms with Crippen molar-refractivity contribution in [2.24, 2.45) is 0 Å². The Morgan fingerprint density at radius 3 is 2.24 bits per heavy atom. The summed E-state index contributed by atoms with van der Waals surface area (Å²) < 4.78 is 18.1. The molecule has 1 aliphatic rings. The Bertz CT molecular complexity index is 873. The molecule has 25 heavy (non-hydrogen) atoms. The fraction of sp³-hybridized carbons (Fsp3) is 0.0556. The molecule has 1 heterocycles. The standard InChI is InChI=1S/C18H13FN2O4/c1-25-14-8-2-11(3-9-14)10-15-16(22)20-18(24)21(17(15)23)13-6-4-12(19)5-7-13/h2-10H,1H3,(H,20,22,24)/b15-10-. The molecule has 7 heteroatoms. The van der Waals surface area contributed by atoms with Crippen molar-refractivity contribution >= 4 is 29.6 Å². The number of benzene rings is 2. The van der Waals surface area contributed by atoms with Crippen LogP contribution in [0.4, 0.5) is 14.9 Å². The average molecular weight is 340 g/mol. The first-order valence-electron chi connectivity index (χ1n) is 7.30. The summed E-state index contributed by atoms with van der Waals surface area (Å²) in [5.41, 5.74) is 0.554. The van der Waals surface area contributed by atoms with Crippen molar-refractivity contribution in [1.82, 2.24) is 5.32 Å². The fourth-order valence-corrected chi connectivity index (χ4v) is 2.35. The summed E-state index contributed by atoms with van der Waals surface area (Å²) in [6, 6.07) is 10.6. The molecule has 0 bridgehead atoms. The third kappa shape index (κ3) is 3.25. The molecule has 6 nitrogen and oxygen atoms in total. The highest BCUT2D eigenvalue weighted by atomic mass is 19.1. The van der Waals surface area contributed by atoms with Gasteiger partial charge in [0.1, 0.15) is 17.1 Å². The SMILES string of the molecule is COc1ccc(/C=C2/C(=O)NC(=O)N(c3ccc(F)cc3)C2=O)cc1. The zero-order valence-corrected chi connectivity index (χ0v) is 13.2. The van der Waals surface area contributed by atoms with Crippen molar-refractivity contribution in [2.75, 3.05) is 12.0 Å². The van der Waals surface area contributed by atoms with Crippen LogP contribution in [-0.2, 0) is 9.59 Å². The van der Waals surface area contributed by atoms with E-state index in [0.29, 0.717) is 11.3 Å². The van der Waals surface area contributed by atoms with E-state index in [2.05, 4.69) is 5.32 Å². The molecule has 0 radical (unpaired) electrons. The number of carbonyl (C=O) groups is 3. The van der Waals surface area contributed by atoms with E-state index < -0.39 is 23.7 Å². The van der Waals surface area contributed by atoms with Crippen LogP contribution in [0.25, 0.3) is 6.08 Å². The third-order valence-corrected chi connectivity index (χ3v) is 3.61. The number of nitrogens with one attached hydrogen (secondary N) is 1. The quantitative estimate of drug-likeness (QED) is 0.688. The lowest BCUT2D eigenvalue weighted by Crippen LogP contribution is -2.54. The van der Waals surface area contributed by atoms with Gasteiger partial charge in [-0.2, -0.15) is 0 Å². The van der Waals surface area contributed by atoms with E-state index in [1.54, 1.807) is 24.3 Å². The second-order valence-corrected chi connectivity index (χ2v) is 5.21. The van der Waals surface area contributed by atoms with Crippen LogP contribution in [0.5, 0.6) is 5.75 Å². The molecule has 3 rings (SSSR count). The number of hydrogen-bond acceptors (Lipinski definition) is 4. The molecule has 0 aromatic heterocycles. The third-order valence-electron chi connectivity index (χ3n) is 3.61. The minimum absolute atomic E-state index is 0.164. The van der Waals surface area contributed by atoms with Gasteiger partial charge >= 0.3 is 6.03 Å². The minimum atomic E-state index is -0.881. The van der Waals surface area contributed by atoms with Crippen LogP contribution in [0.2, 0.25) is 0 Å². The molecule has 0 spiro atoms. The van der Waals surface area contributed by atoms with Crippen LogP contribution in [-0.4, -0.2) is 25.0 Å². The van der Waals surface area contributed by atoms with E-state index in [1.165, 1.54) is 25.3 Å². The van der Waals surface area contributed by atoms with Gasteiger partial charge in [0.2, 0.25) is 0 Å². The molecule has 0 atom stereocenters. The van der Waals surface area contributed by atoms with Crippen molar-refractivity contribution in [3.8, 4) is 5.75 Å². The summed E-state index contributed by atoms with van der Waals surface area (Å²) in [5.74, 6) is -1.44. The summed E-state index contributed by atoms with van der Waals surface area (Å²) in [6.45, 7) is 0. The van der Waals surface area contributed by atoms with Gasteiger partial charge in [-0.15, -0.1) is 0 Å². The van der Waals surface area contributed by atoms with Gasteiger partial charge in [-0.05, 0) is 48.0 Å². The maximum Gasteiger partial charge on any atom is 0.335 e. The number of carbonyl (C=O) groups excluding carboxylic acids is 3. The van der Waals surface area contributed by atoms with Gasteiger partial charge in [-0.3, -0.25) is 14.9 Å². The summed E-state index contributed by atoms with van der Waals surface area (Å²) in [4.78, 5) is 37.5. The van der Waals surface area contributed by atoms with Crippen molar-refractivity contribution < 1.29 is 23.5 Å². The first kappa shape index (κ1) is 16.4. The maximum atomic E-state index is 13.1. The molecular weight excluding hydrogens is 327 g/mol. The largest absolute Gasteiger partial charge is 0.497 e. The molecular formula is C18H13FN2O4. The normalized spacial score (nSPS) is 16.2. The molecule has 1 fully saturated rings. The van der Waals surface area contributed by atoms with Crippen molar-refractivity contribution in [1.29, 1.82) is 0 Å². The number of imide groups is 2. The Morgan fingerprint density at radius 2 is 1.64 bits per heavy atom. The predicted octanol–water partition coefficient (Wildman–Crippen LogP) is 2.50. The molecule has 0 aliphatic carbocycles. The van der Waals surface area contributed by atoms with Crippen molar-refractivity contribution in [3.05, 3.63) is 65.5 Å². The van der Waals surface area contributed by atoms with Crippen LogP contribution in [0.3, 0.4) is 0 Å². The Hall–Kier alpha value is -3.48. The Morgan fingerprint density at radius 1 is 1.00 bits per heavy atom. The molecule has 4 amide bonds. The number of rotatable bonds is 3. The van der Waals surface area contributed by atoms with Gasteiger partial charge in [0.25, 0.3) is 11.8 Å². The molecule has 1 aliphatic heterocycles. The van der Waals surface area contributed by atoms with Crippen molar-refractivity contribution in [3.63, 3.8) is 0 Å². The lowest BCUT2D eigenvalue weighted by Gasteiger charge is -2.26. The van der Waals surface area contributed by atoms with Gasteiger partial charge in [0, 0.05) is 0 Å². The number of urea groups is 1. The highest BCUT2D eigenvalue weighted by Crippen LogP contribution is 2.22. The zero-order valence-electron chi connectivity index (χ0n) is 13.2. The molecule has 1 N–H and O–H groups in total. The number of amides is 4. The monoisotopic (exact) mass is 340 g/mol. The van der Waals surface area contributed by atoms with E-state index in [0.717, 1.165) is 17.0 Å². The van der Waals surface area contributed by atoms with Crippen LogP contribution in [0.1, 0.15) is 5.56 Å². The van der Waals surface area contributed by atoms with Gasteiger partial charge in [0.05, 0.1) is 12.8 Å². The smallest absolute Gasteiger partial charge is 0.335 e. The number of hydrogen-bond donors (Lipinski definition) is 1. The average Bonchev–Trinajstić information content (AvgIpc) is 2.60. The van der Waals surface area contributed by atoms with E-state index in [4.69, 9.17) is 4.74 Å². The van der Waals surface area contributed by atoms with Crippen LogP contribution >= 0.6 is 0 Å². The summed E-state index contributed by atoms with van der Waals surface area (Å²) in [5, 5.41) is 2.11. The number of barbiturate groups is 1. The van der Waals surface area contributed by atoms with Gasteiger partial charge in [-0.25, -0.2) is 14.1 Å². The second-order valence-electron chi connectivity index (χ2n) is 5.21. The lowest BCUT2D eigenvalue weighted by molar-refractivity contribution is -0.122. The number of ether oxygens (including phenoxy) is 1. The highest BCUT2D eigenvalue weighted by Gasteiger charge is 2.36. The predicted molar refractivity (Wildman–Crippen MR) is 88.4 cm³/mol. The first-order chi connectivity index (χ1) is 12.0. The van der Waals surface area contributed by atoms with Crippen LogP contribution in [0.15, 0.2) is 54.1 Å². The first-order valence-corrected chi connectivity index (χ1v) is 7.30. The molecule has 0 unspecified atom stereocenters. The Balaban J connectivity index is 1.97. The second kappa shape index (κ2) is 6.56. The Kier molecular flexibility index (Phi) is 4.30. The van der Waals surface area contributed by atoms with Gasteiger partial charge in [-0.1, -0.05) is 12.1 Å². The summed E-state index contributed by atoms with van der Waals surface area (Å²) >= 11 is 0. The maximum absolute atomic E-state index is 13.1. The molecule has 0 saturated carbocycles.